The lowest BCUT2D eigenvalue weighted by molar-refractivity contribution is -0.143. The zero-order chi connectivity index (χ0) is 31.1. The average Bonchev–Trinajstić information content (AvgIpc) is 3.29. The Morgan fingerprint density at radius 1 is 0.930 bits per heavy atom. The van der Waals surface area contributed by atoms with Crippen LogP contribution in [0.15, 0.2) is 57.5 Å². The van der Waals surface area contributed by atoms with Gasteiger partial charge in [0, 0.05) is 0 Å². The zero-order valence-corrected chi connectivity index (χ0v) is 25.7. The lowest BCUT2D eigenvalue weighted by Crippen LogP contribution is -2.40. The van der Waals surface area contributed by atoms with Crippen molar-refractivity contribution in [1.29, 1.82) is 0 Å². The van der Waals surface area contributed by atoms with Crippen molar-refractivity contribution in [2.24, 2.45) is 4.99 Å². The van der Waals surface area contributed by atoms with Crippen molar-refractivity contribution in [3.63, 3.8) is 0 Å². The molecule has 0 saturated carbocycles. The third kappa shape index (κ3) is 6.75. The summed E-state index contributed by atoms with van der Waals surface area (Å²) in [6.45, 7) is 7.72. The van der Waals surface area contributed by atoms with E-state index in [4.69, 9.17) is 23.7 Å². The van der Waals surface area contributed by atoms with Gasteiger partial charge in [-0.05, 0) is 69.2 Å². The summed E-state index contributed by atoms with van der Waals surface area (Å²) < 4.78 is 34.5. The highest BCUT2D eigenvalue weighted by molar-refractivity contribution is 7.07. The van der Waals surface area contributed by atoms with E-state index < -0.39 is 18.0 Å². The molecule has 0 aliphatic carbocycles. The highest BCUT2D eigenvalue weighted by Crippen LogP contribution is 2.36. The number of fused-ring (bicyclic) bond motifs is 1. The molecule has 0 spiro atoms. The van der Waals surface area contributed by atoms with E-state index in [0.717, 1.165) is 5.56 Å². The smallest absolute Gasteiger partial charge is 0.343 e. The van der Waals surface area contributed by atoms with Crippen LogP contribution in [-0.4, -0.2) is 57.2 Å². The summed E-state index contributed by atoms with van der Waals surface area (Å²) >= 11 is 1.21. The minimum absolute atomic E-state index is 0.150. The van der Waals surface area contributed by atoms with E-state index in [9.17, 15) is 14.4 Å². The molecule has 0 fully saturated rings. The van der Waals surface area contributed by atoms with E-state index in [1.807, 2.05) is 19.9 Å². The molecule has 3 aromatic rings. The summed E-state index contributed by atoms with van der Waals surface area (Å²) in [5.74, 6) is 0.662. The highest BCUT2D eigenvalue weighted by atomic mass is 32.1. The summed E-state index contributed by atoms with van der Waals surface area (Å²) in [6.07, 6.45) is 1.75. The fourth-order valence-corrected chi connectivity index (χ4v) is 5.63. The average molecular weight is 611 g/mol. The number of hydrogen-bond donors (Lipinski definition) is 0. The van der Waals surface area contributed by atoms with Gasteiger partial charge in [-0.15, -0.1) is 0 Å². The number of methoxy groups -OCH3 is 2. The van der Waals surface area contributed by atoms with E-state index in [2.05, 4.69) is 9.73 Å². The van der Waals surface area contributed by atoms with Crippen LogP contribution in [0.4, 0.5) is 0 Å². The first kappa shape index (κ1) is 31.4. The van der Waals surface area contributed by atoms with Crippen LogP contribution < -0.4 is 33.8 Å². The van der Waals surface area contributed by atoms with E-state index in [0.29, 0.717) is 56.8 Å². The van der Waals surface area contributed by atoms with Gasteiger partial charge in [-0.25, -0.2) is 14.6 Å². The molecule has 11 nitrogen and oxygen atoms in total. The third-order valence-corrected chi connectivity index (χ3v) is 7.44. The van der Waals surface area contributed by atoms with Crippen LogP contribution in [0, 0.1) is 0 Å². The predicted molar refractivity (Wildman–Crippen MR) is 160 cm³/mol. The number of rotatable bonds is 12. The molecule has 0 N–H and O–H groups in total. The minimum atomic E-state index is -0.860. The highest BCUT2D eigenvalue weighted by Gasteiger charge is 2.34. The first-order valence-corrected chi connectivity index (χ1v) is 14.5. The summed E-state index contributed by atoms with van der Waals surface area (Å²) in [5.41, 5.74) is 1.64. The SMILES string of the molecule is CCOC(=O)C1=C(C)N=c2s/c(=C\c3ccc(OC)c(OCC)c3)c(=O)n2[C@@H]1c1ccc(OCC(=O)OC)c(OCC)c1. The van der Waals surface area contributed by atoms with E-state index >= 15 is 0 Å². The van der Waals surface area contributed by atoms with Crippen molar-refractivity contribution in [3.8, 4) is 23.0 Å². The van der Waals surface area contributed by atoms with Crippen molar-refractivity contribution in [2.75, 3.05) is 40.6 Å². The molecule has 0 amide bonds. The van der Waals surface area contributed by atoms with Gasteiger partial charge in [0.2, 0.25) is 0 Å². The van der Waals surface area contributed by atoms with Gasteiger partial charge in [0.25, 0.3) is 5.56 Å². The van der Waals surface area contributed by atoms with Crippen LogP contribution >= 0.6 is 11.3 Å². The maximum absolute atomic E-state index is 14.0. The summed E-state index contributed by atoms with van der Waals surface area (Å²) in [4.78, 5) is 44.0. The molecule has 228 valence electrons. The summed E-state index contributed by atoms with van der Waals surface area (Å²) in [7, 11) is 2.83. The van der Waals surface area contributed by atoms with Crippen LogP contribution in [0.25, 0.3) is 6.08 Å². The van der Waals surface area contributed by atoms with Crippen molar-refractivity contribution >= 4 is 29.4 Å². The Morgan fingerprint density at radius 3 is 2.28 bits per heavy atom. The number of thiazole rings is 1. The number of benzene rings is 2. The lowest BCUT2D eigenvalue weighted by atomic mass is 9.95. The first-order valence-electron chi connectivity index (χ1n) is 13.7. The molecular formula is C31H34N2O9S. The number of ether oxygens (including phenoxy) is 6. The van der Waals surface area contributed by atoms with E-state index in [-0.39, 0.29) is 24.3 Å². The summed E-state index contributed by atoms with van der Waals surface area (Å²) in [6, 6.07) is 9.58. The molecule has 0 saturated heterocycles. The predicted octanol–water partition coefficient (Wildman–Crippen LogP) is 3.16. The molecule has 1 atom stereocenters. The molecule has 4 rings (SSSR count). The van der Waals surface area contributed by atoms with Gasteiger partial charge in [-0.1, -0.05) is 23.5 Å². The molecule has 2 aromatic carbocycles. The fraction of sp³-hybridized carbons (Fsp3) is 0.355. The molecule has 43 heavy (non-hydrogen) atoms. The van der Waals surface area contributed by atoms with Gasteiger partial charge in [0.05, 0.1) is 55.9 Å². The van der Waals surface area contributed by atoms with E-state index in [1.165, 1.54) is 23.0 Å². The zero-order valence-electron chi connectivity index (χ0n) is 24.9. The second-order valence-corrected chi connectivity index (χ2v) is 10.2. The molecule has 2 heterocycles. The number of nitrogens with zero attached hydrogens (tertiary/aromatic N) is 2. The largest absolute Gasteiger partial charge is 0.493 e. The van der Waals surface area contributed by atoms with Crippen molar-refractivity contribution in [3.05, 3.63) is 78.5 Å². The van der Waals surface area contributed by atoms with Gasteiger partial charge in [0.1, 0.15) is 0 Å². The monoisotopic (exact) mass is 610 g/mol. The summed E-state index contributed by atoms with van der Waals surface area (Å²) in [5, 5.41) is 0. The lowest BCUT2D eigenvalue weighted by Gasteiger charge is -2.25. The Labute approximate surface area is 252 Å². The van der Waals surface area contributed by atoms with Crippen LogP contribution in [0.1, 0.15) is 44.9 Å². The molecule has 1 aliphatic rings. The van der Waals surface area contributed by atoms with Gasteiger partial charge < -0.3 is 28.4 Å². The maximum Gasteiger partial charge on any atom is 0.343 e. The molecule has 0 bridgehead atoms. The number of allylic oxidation sites excluding steroid dienone is 1. The minimum Gasteiger partial charge on any atom is -0.493 e. The number of carbonyl (C=O) groups excluding carboxylic acids is 2. The maximum atomic E-state index is 14.0. The van der Waals surface area contributed by atoms with Gasteiger partial charge in [-0.2, -0.15) is 0 Å². The van der Waals surface area contributed by atoms with Gasteiger partial charge in [-0.3, -0.25) is 9.36 Å². The first-order chi connectivity index (χ1) is 20.8. The number of esters is 2. The van der Waals surface area contributed by atoms with Crippen LogP contribution in [0.3, 0.4) is 0 Å². The van der Waals surface area contributed by atoms with Crippen LogP contribution in [0.5, 0.6) is 23.0 Å². The van der Waals surface area contributed by atoms with Crippen LogP contribution in [-0.2, 0) is 19.1 Å². The molecule has 12 heteroatoms. The molecule has 0 radical (unpaired) electrons. The molecule has 1 aromatic heterocycles. The molecular weight excluding hydrogens is 576 g/mol. The quantitative estimate of drug-likeness (QED) is 0.285. The van der Waals surface area contributed by atoms with Crippen molar-refractivity contribution in [2.45, 2.75) is 33.7 Å². The van der Waals surface area contributed by atoms with Gasteiger partial charge in [0.15, 0.2) is 34.4 Å². The number of carbonyl (C=O) groups is 2. The third-order valence-electron chi connectivity index (χ3n) is 6.46. The second kappa shape index (κ2) is 14.1. The Bertz CT molecular complexity index is 1720. The number of aromatic nitrogens is 1. The fourth-order valence-electron chi connectivity index (χ4n) is 4.59. The van der Waals surface area contributed by atoms with Crippen LogP contribution in [0.2, 0.25) is 0 Å². The molecule has 0 unspecified atom stereocenters. The normalized spacial score (nSPS) is 14.5. The van der Waals surface area contributed by atoms with E-state index in [1.54, 1.807) is 57.4 Å². The topological polar surface area (TPSA) is 124 Å². The van der Waals surface area contributed by atoms with Gasteiger partial charge >= 0.3 is 11.9 Å². The number of hydrogen-bond acceptors (Lipinski definition) is 11. The Balaban J connectivity index is 1.89. The van der Waals surface area contributed by atoms with Crippen molar-refractivity contribution in [1.82, 2.24) is 4.57 Å². The second-order valence-electron chi connectivity index (χ2n) is 9.15. The Hall–Kier alpha value is -4.58. The Morgan fingerprint density at radius 2 is 1.63 bits per heavy atom. The molecule has 1 aliphatic heterocycles. The Kier molecular flexibility index (Phi) is 10.3. The standard InChI is InChI=1S/C31H34N2O9S/c1-7-39-23-14-19(10-12-21(23)37-5)15-25-29(35)33-28(27(30(36)41-9-3)18(4)32-31(33)43-25)20-11-13-22(24(16-20)40-8-2)42-17-26(34)38-6/h10-16,28H,7-9,17H2,1-6H3/b25-15-/t28-/m1/s1. The van der Waals surface area contributed by atoms with Crippen molar-refractivity contribution < 1.29 is 38.0 Å².